The van der Waals surface area contributed by atoms with Crippen LogP contribution in [-0.2, 0) is 14.8 Å². The van der Waals surface area contributed by atoms with Crippen LogP contribution in [0.5, 0.6) is 5.75 Å². The van der Waals surface area contributed by atoms with Gasteiger partial charge in [0.1, 0.15) is 12.3 Å². The van der Waals surface area contributed by atoms with E-state index < -0.39 is 22.5 Å². The number of carbonyl (C=O) groups is 1. The normalized spacial score (nSPS) is 12.1. The average Bonchev–Trinajstić information content (AvgIpc) is 2.79. The van der Waals surface area contributed by atoms with Gasteiger partial charge in [-0.05, 0) is 55.8 Å². The monoisotopic (exact) mass is 472 g/mol. The van der Waals surface area contributed by atoms with Gasteiger partial charge in [-0.15, -0.1) is 0 Å². The largest absolute Gasteiger partial charge is 0.494 e. The second kappa shape index (κ2) is 10.5. The Bertz CT molecular complexity index is 1150. The zero-order valence-corrected chi connectivity index (χ0v) is 19.4. The van der Waals surface area contributed by atoms with Gasteiger partial charge in [0.15, 0.2) is 0 Å². The second-order valence-corrected chi connectivity index (χ2v) is 9.34. The molecule has 3 aromatic rings. The maximum atomic E-state index is 13.3. The first-order valence-corrected chi connectivity index (χ1v) is 12.0. The SMILES string of the molecule is CCOc1ccc([C@@H](C)NC(=O)CN(c2ccccc2Cl)S(=O)(=O)c2ccccc2)cc1. The van der Waals surface area contributed by atoms with E-state index in [0.717, 1.165) is 15.6 Å². The molecule has 1 amide bonds. The molecule has 0 saturated heterocycles. The molecular weight excluding hydrogens is 448 g/mol. The Morgan fingerprint density at radius 2 is 1.62 bits per heavy atom. The molecule has 0 aliphatic carbocycles. The molecule has 3 rings (SSSR count). The highest BCUT2D eigenvalue weighted by molar-refractivity contribution is 7.92. The smallest absolute Gasteiger partial charge is 0.264 e. The van der Waals surface area contributed by atoms with Crippen LogP contribution in [0.1, 0.15) is 25.5 Å². The van der Waals surface area contributed by atoms with E-state index in [4.69, 9.17) is 16.3 Å². The molecule has 0 aliphatic heterocycles. The van der Waals surface area contributed by atoms with Crippen molar-refractivity contribution in [2.75, 3.05) is 17.5 Å². The van der Waals surface area contributed by atoms with E-state index in [-0.39, 0.29) is 21.6 Å². The number of anilines is 1. The number of ether oxygens (including phenoxy) is 1. The lowest BCUT2D eigenvalue weighted by Crippen LogP contribution is -2.41. The van der Waals surface area contributed by atoms with Crippen LogP contribution in [0.2, 0.25) is 5.02 Å². The Hall–Kier alpha value is -3.03. The van der Waals surface area contributed by atoms with Crippen LogP contribution in [0.4, 0.5) is 5.69 Å². The lowest BCUT2D eigenvalue weighted by Gasteiger charge is -2.26. The van der Waals surface area contributed by atoms with Crippen molar-refractivity contribution in [2.24, 2.45) is 0 Å². The summed E-state index contributed by atoms with van der Waals surface area (Å²) in [5, 5.41) is 3.10. The maximum Gasteiger partial charge on any atom is 0.264 e. The van der Waals surface area contributed by atoms with Crippen LogP contribution in [0.25, 0.3) is 0 Å². The molecule has 32 heavy (non-hydrogen) atoms. The maximum absolute atomic E-state index is 13.3. The fourth-order valence-corrected chi connectivity index (χ4v) is 4.94. The number of sulfonamides is 1. The molecule has 0 unspecified atom stereocenters. The Morgan fingerprint density at radius 3 is 2.25 bits per heavy atom. The average molecular weight is 473 g/mol. The molecule has 0 heterocycles. The fourth-order valence-electron chi connectivity index (χ4n) is 3.19. The number of nitrogens with zero attached hydrogens (tertiary/aromatic N) is 1. The third-order valence-corrected chi connectivity index (χ3v) is 6.90. The van der Waals surface area contributed by atoms with Gasteiger partial charge in [-0.25, -0.2) is 8.42 Å². The summed E-state index contributed by atoms with van der Waals surface area (Å²) in [4.78, 5) is 13.0. The van der Waals surface area contributed by atoms with E-state index in [1.54, 1.807) is 42.5 Å². The first-order chi connectivity index (χ1) is 15.3. The van der Waals surface area contributed by atoms with Crippen molar-refractivity contribution in [2.45, 2.75) is 24.8 Å². The van der Waals surface area contributed by atoms with Crippen molar-refractivity contribution in [3.63, 3.8) is 0 Å². The first kappa shape index (κ1) is 23.6. The summed E-state index contributed by atoms with van der Waals surface area (Å²) in [5.41, 5.74) is 1.11. The van der Waals surface area contributed by atoms with E-state index in [0.29, 0.717) is 6.61 Å². The summed E-state index contributed by atoms with van der Waals surface area (Å²) in [6.45, 7) is 3.89. The Balaban J connectivity index is 1.83. The number of rotatable bonds is 9. The number of amides is 1. The first-order valence-electron chi connectivity index (χ1n) is 10.2. The molecule has 3 aromatic carbocycles. The van der Waals surface area contributed by atoms with Crippen molar-refractivity contribution < 1.29 is 17.9 Å². The van der Waals surface area contributed by atoms with Crippen molar-refractivity contribution in [1.82, 2.24) is 5.32 Å². The van der Waals surface area contributed by atoms with Crippen LogP contribution < -0.4 is 14.4 Å². The molecule has 0 bridgehead atoms. The number of benzene rings is 3. The van der Waals surface area contributed by atoms with E-state index in [9.17, 15) is 13.2 Å². The molecule has 8 heteroatoms. The number of hydrogen-bond acceptors (Lipinski definition) is 4. The number of para-hydroxylation sites is 1. The highest BCUT2D eigenvalue weighted by Crippen LogP contribution is 2.30. The van der Waals surface area contributed by atoms with Crippen molar-refractivity contribution in [1.29, 1.82) is 0 Å². The lowest BCUT2D eigenvalue weighted by molar-refractivity contribution is -0.120. The minimum absolute atomic E-state index is 0.0762. The van der Waals surface area contributed by atoms with E-state index in [2.05, 4.69) is 5.32 Å². The molecule has 0 aromatic heterocycles. The number of hydrogen-bond donors (Lipinski definition) is 1. The molecular formula is C24H25ClN2O4S. The van der Waals surface area contributed by atoms with Gasteiger partial charge in [-0.2, -0.15) is 0 Å². The summed E-state index contributed by atoms with van der Waals surface area (Å²) >= 11 is 6.29. The molecule has 0 fully saturated rings. The van der Waals surface area contributed by atoms with Crippen LogP contribution in [0.3, 0.4) is 0 Å². The molecule has 0 radical (unpaired) electrons. The highest BCUT2D eigenvalue weighted by Gasteiger charge is 2.29. The Kier molecular flexibility index (Phi) is 7.77. The number of carbonyl (C=O) groups excluding carboxylic acids is 1. The third kappa shape index (κ3) is 5.60. The minimum atomic E-state index is -4.01. The molecule has 1 N–H and O–H groups in total. The van der Waals surface area contributed by atoms with E-state index in [1.165, 1.54) is 12.1 Å². The molecule has 6 nitrogen and oxygen atoms in total. The lowest BCUT2D eigenvalue weighted by atomic mass is 10.1. The van der Waals surface area contributed by atoms with Crippen LogP contribution >= 0.6 is 11.6 Å². The highest BCUT2D eigenvalue weighted by atomic mass is 35.5. The van der Waals surface area contributed by atoms with Gasteiger partial charge in [-0.3, -0.25) is 9.10 Å². The summed E-state index contributed by atoms with van der Waals surface area (Å²) < 4.78 is 33.2. The van der Waals surface area contributed by atoms with Gasteiger partial charge >= 0.3 is 0 Å². The molecule has 168 valence electrons. The quantitative estimate of drug-likeness (QED) is 0.484. The molecule has 0 saturated carbocycles. The minimum Gasteiger partial charge on any atom is -0.494 e. The van der Waals surface area contributed by atoms with Gasteiger partial charge in [0, 0.05) is 0 Å². The Morgan fingerprint density at radius 1 is 1.00 bits per heavy atom. The summed E-state index contributed by atoms with van der Waals surface area (Å²) in [6.07, 6.45) is 0. The van der Waals surface area contributed by atoms with Crippen LogP contribution in [-0.4, -0.2) is 27.5 Å². The van der Waals surface area contributed by atoms with E-state index in [1.807, 2.05) is 38.1 Å². The summed E-state index contributed by atoms with van der Waals surface area (Å²) in [5.74, 6) is 0.291. The fraction of sp³-hybridized carbons (Fsp3) is 0.208. The Labute approximate surface area is 193 Å². The zero-order valence-electron chi connectivity index (χ0n) is 17.9. The molecule has 0 spiro atoms. The van der Waals surface area contributed by atoms with Crippen molar-refractivity contribution >= 4 is 33.2 Å². The summed E-state index contributed by atoms with van der Waals surface area (Å²) in [6, 6.07) is 21.6. The van der Waals surface area contributed by atoms with Gasteiger partial charge in [-0.1, -0.05) is 54.1 Å². The predicted octanol–water partition coefficient (Wildman–Crippen LogP) is 4.81. The number of nitrogens with one attached hydrogen (secondary N) is 1. The van der Waals surface area contributed by atoms with E-state index >= 15 is 0 Å². The number of halogens is 1. The molecule has 0 aliphatic rings. The van der Waals surface area contributed by atoms with Crippen molar-refractivity contribution in [3.8, 4) is 5.75 Å². The van der Waals surface area contributed by atoms with Crippen LogP contribution in [0, 0.1) is 0 Å². The topological polar surface area (TPSA) is 75.7 Å². The van der Waals surface area contributed by atoms with Gasteiger partial charge in [0.2, 0.25) is 5.91 Å². The van der Waals surface area contributed by atoms with Crippen molar-refractivity contribution in [3.05, 3.63) is 89.4 Å². The zero-order chi connectivity index (χ0) is 23.1. The standard InChI is InChI=1S/C24H25ClN2O4S/c1-3-31-20-15-13-19(14-16-20)18(2)26-24(28)17-27(23-12-8-7-11-22(23)25)32(29,30)21-9-5-4-6-10-21/h4-16,18H,3,17H2,1-2H3,(H,26,28)/t18-/m1/s1. The second-order valence-electron chi connectivity index (χ2n) is 7.07. The predicted molar refractivity (Wildman–Crippen MR) is 127 cm³/mol. The molecule has 1 atom stereocenters. The summed E-state index contributed by atoms with van der Waals surface area (Å²) in [7, 11) is -4.01. The van der Waals surface area contributed by atoms with Gasteiger partial charge < -0.3 is 10.1 Å². The third-order valence-electron chi connectivity index (χ3n) is 4.81. The van der Waals surface area contributed by atoms with Gasteiger partial charge in [0.05, 0.1) is 28.3 Å². The van der Waals surface area contributed by atoms with Crippen LogP contribution in [0.15, 0.2) is 83.8 Å². The van der Waals surface area contributed by atoms with Gasteiger partial charge in [0.25, 0.3) is 10.0 Å².